The molecule has 1 aromatic carbocycles. The Morgan fingerprint density at radius 1 is 1.31 bits per heavy atom. The van der Waals surface area contributed by atoms with Crippen LogP contribution in [0.25, 0.3) is 0 Å². The first-order chi connectivity index (χ1) is 7.18. The lowest BCUT2D eigenvalue weighted by molar-refractivity contribution is 0.445. The van der Waals surface area contributed by atoms with Crippen LogP contribution in [0.4, 0.5) is 0 Å². The van der Waals surface area contributed by atoms with Crippen LogP contribution in [0, 0.1) is 12.8 Å². The summed E-state index contributed by atoms with van der Waals surface area (Å²) in [5.74, 6) is 0.672. The van der Waals surface area contributed by atoms with Crippen LogP contribution in [0.1, 0.15) is 42.9 Å². The van der Waals surface area contributed by atoms with Gasteiger partial charge in [0.1, 0.15) is 0 Å². The minimum absolute atomic E-state index is 0. The van der Waals surface area contributed by atoms with Crippen molar-refractivity contribution in [1.82, 2.24) is 0 Å². The van der Waals surface area contributed by atoms with Gasteiger partial charge < -0.3 is 5.73 Å². The molecule has 2 rings (SSSR count). The van der Waals surface area contributed by atoms with Crippen molar-refractivity contribution in [2.75, 3.05) is 0 Å². The molecule has 1 saturated carbocycles. The fourth-order valence-electron chi connectivity index (χ4n) is 2.46. The van der Waals surface area contributed by atoms with E-state index in [1.165, 1.54) is 31.2 Å². The second-order valence-electron chi connectivity index (χ2n) is 4.58. The summed E-state index contributed by atoms with van der Waals surface area (Å²) in [6.07, 6.45) is 5.24. The van der Waals surface area contributed by atoms with Gasteiger partial charge in [-0.05, 0) is 42.9 Å². The SMILES string of the molecule is Cc1cc([C@@H](N)C2CCCC2)ccc1Cl.Cl. The van der Waals surface area contributed by atoms with Crippen molar-refractivity contribution in [3.05, 3.63) is 34.3 Å². The molecule has 90 valence electrons. The van der Waals surface area contributed by atoms with Crippen molar-refractivity contribution < 1.29 is 0 Å². The smallest absolute Gasteiger partial charge is 0.0435 e. The fraction of sp³-hybridized carbons (Fsp3) is 0.538. The maximum absolute atomic E-state index is 6.28. The van der Waals surface area contributed by atoms with E-state index in [1.807, 2.05) is 13.0 Å². The van der Waals surface area contributed by atoms with Crippen LogP contribution in [0.2, 0.25) is 5.02 Å². The molecule has 3 heteroatoms. The molecule has 0 unspecified atom stereocenters. The zero-order valence-corrected chi connectivity index (χ0v) is 11.2. The van der Waals surface area contributed by atoms with Crippen LogP contribution in [-0.4, -0.2) is 0 Å². The first kappa shape index (κ1) is 13.8. The van der Waals surface area contributed by atoms with E-state index < -0.39 is 0 Å². The van der Waals surface area contributed by atoms with Crippen LogP contribution in [-0.2, 0) is 0 Å². The van der Waals surface area contributed by atoms with Crippen LogP contribution in [0.5, 0.6) is 0 Å². The predicted molar refractivity (Wildman–Crippen MR) is 72.3 cm³/mol. The topological polar surface area (TPSA) is 26.0 Å². The van der Waals surface area contributed by atoms with Crippen molar-refractivity contribution in [1.29, 1.82) is 0 Å². The van der Waals surface area contributed by atoms with Gasteiger partial charge in [0.05, 0.1) is 0 Å². The average Bonchev–Trinajstić information content (AvgIpc) is 2.74. The first-order valence-electron chi connectivity index (χ1n) is 5.70. The molecule has 0 radical (unpaired) electrons. The van der Waals surface area contributed by atoms with Gasteiger partial charge in [0.2, 0.25) is 0 Å². The monoisotopic (exact) mass is 259 g/mol. The summed E-state index contributed by atoms with van der Waals surface area (Å²) in [5.41, 5.74) is 8.64. The van der Waals surface area contributed by atoms with Gasteiger partial charge in [0.25, 0.3) is 0 Å². The third-order valence-electron chi connectivity index (χ3n) is 3.47. The van der Waals surface area contributed by atoms with E-state index >= 15 is 0 Å². The maximum Gasteiger partial charge on any atom is 0.0435 e. The van der Waals surface area contributed by atoms with Crippen LogP contribution < -0.4 is 5.73 Å². The Morgan fingerprint density at radius 2 is 1.94 bits per heavy atom. The number of hydrogen-bond acceptors (Lipinski definition) is 1. The second kappa shape index (κ2) is 5.90. The first-order valence-corrected chi connectivity index (χ1v) is 6.08. The molecule has 1 aromatic rings. The van der Waals surface area contributed by atoms with Gasteiger partial charge in [-0.1, -0.05) is 36.6 Å². The molecule has 1 aliphatic rings. The Hall–Kier alpha value is -0.240. The van der Waals surface area contributed by atoms with E-state index in [2.05, 4.69) is 12.1 Å². The van der Waals surface area contributed by atoms with E-state index in [0.717, 1.165) is 10.6 Å². The molecule has 0 saturated heterocycles. The largest absolute Gasteiger partial charge is 0.324 e. The lowest BCUT2D eigenvalue weighted by Crippen LogP contribution is -2.19. The van der Waals surface area contributed by atoms with E-state index in [4.69, 9.17) is 17.3 Å². The zero-order valence-electron chi connectivity index (χ0n) is 9.58. The number of rotatable bonds is 2. The van der Waals surface area contributed by atoms with E-state index in [9.17, 15) is 0 Å². The highest BCUT2D eigenvalue weighted by Crippen LogP contribution is 2.34. The van der Waals surface area contributed by atoms with Crippen molar-refractivity contribution in [3.8, 4) is 0 Å². The van der Waals surface area contributed by atoms with Crippen molar-refractivity contribution >= 4 is 24.0 Å². The maximum atomic E-state index is 6.28. The van der Waals surface area contributed by atoms with E-state index in [1.54, 1.807) is 0 Å². The minimum atomic E-state index is 0. The van der Waals surface area contributed by atoms with Gasteiger partial charge in [-0.25, -0.2) is 0 Å². The normalized spacial score (nSPS) is 18.2. The Balaban J connectivity index is 0.00000128. The number of aryl methyl sites for hydroxylation is 1. The summed E-state index contributed by atoms with van der Waals surface area (Å²) < 4.78 is 0. The lowest BCUT2D eigenvalue weighted by Gasteiger charge is -2.19. The summed E-state index contributed by atoms with van der Waals surface area (Å²) in [5, 5.41) is 0.831. The van der Waals surface area contributed by atoms with Crippen LogP contribution in [0.3, 0.4) is 0 Å². The summed E-state index contributed by atoms with van der Waals surface area (Å²) in [6.45, 7) is 2.03. The molecule has 16 heavy (non-hydrogen) atoms. The molecule has 1 atom stereocenters. The molecule has 0 spiro atoms. The lowest BCUT2D eigenvalue weighted by atomic mass is 9.92. The molecule has 0 aromatic heterocycles. The highest BCUT2D eigenvalue weighted by molar-refractivity contribution is 6.31. The molecule has 0 bridgehead atoms. The van der Waals surface area contributed by atoms with Gasteiger partial charge in [-0.2, -0.15) is 0 Å². The highest BCUT2D eigenvalue weighted by atomic mass is 35.5. The third-order valence-corrected chi connectivity index (χ3v) is 3.90. The van der Waals surface area contributed by atoms with Gasteiger partial charge >= 0.3 is 0 Å². The molecule has 1 nitrogen and oxygen atoms in total. The quantitative estimate of drug-likeness (QED) is 0.844. The molecule has 0 amide bonds. The Labute approximate surface area is 109 Å². The van der Waals surface area contributed by atoms with Crippen molar-refractivity contribution in [3.63, 3.8) is 0 Å². The molecular weight excluding hydrogens is 241 g/mol. The summed E-state index contributed by atoms with van der Waals surface area (Å²) >= 11 is 6.00. The summed E-state index contributed by atoms with van der Waals surface area (Å²) in [7, 11) is 0. The predicted octanol–water partition coefficient (Wildman–Crippen LogP) is 4.26. The molecule has 1 aliphatic carbocycles. The number of nitrogens with two attached hydrogens (primary N) is 1. The van der Waals surface area contributed by atoms with Gasteiger partial charge in [0.15, 0.2) is 0 Å². The fourth-order valence-corrected chi connectivity index (χ4v) is 2.58. The highest BCUT2D eigenvalue weighted by Gasteiger charge is 2.23. The standard InChI is InChI=1S/C13H18ClN.ClH/c1-9-8-11(6-7-12(9)14)13(15)10-4-2-3-5-10;/h6-8,10,13H,2-5,15H2,1H3;1H/t13-;/m0./s1. The van der Waals surface area contributed by atoms with Crippen molar-refractivity contribution in [2.24, 2.45) is 11.7 Å². The zero-order chi connectivity index (χ0) is 10.8. The average molecular weight is 260 g/mol. The van der Waals surface area contributed by atoms with Gasteiger partial charge in [-0.15, -0.1) is 12.4 Å². The third kappa shape index (κ3) is 2.91. The van der Waals surface area contributed by atoms with E-state index in [-0.39, 0.29) is 18.4 Å². The summed E-state index contributed by atoms with van der Waals surface area (Å²) in [6, 6.07) is 6.36. The molecule has 1 fully saturated rings. The number of benzene rings is 1. The second-order valence-corrected chi connectivity index (χ2v) is 4.99. The molecule has 0 heterocycles. The Kier molecular flexibility index (Phi) is 5.10. The van der Waals surface area contributed by atoms with Gasteiger partial charge in [-0.3, -0.25) is 0 Å². The Bertz CT molecular complexity index is 346. The summed E-state index contributed by atoms with van der Waals surface area (Å²) in [4.78, 5) is 0. The van der Waals surface area contributed by atoms with Crippen LogP contribution >= 0.6 is 24.0 Å². The van der Waals surface area contributed by atoms with Gasteiger partial charge in [0, 0.05) is 11.1 Å². The van der Waals surface area contributed by atoms with Crippen LogP contribution in [0.15, 0.2) is 18.2 Å². The molecule has 2 N–H and O–H groups in total. The van der Waals surface area contributed by atoms with Crippen molar-refractivity contribution in [2.45, 2.75) is 38.6 Å². The number of hydrogen-bond donors (Lipinski definition) is 1. The molecule has 0 aliphatic heterocycles. The van der Waals surface area contributed by atoms with E-state index in [0.29, 0.717) is 5.92 Å². The number of halogens is 2. The molecular formula is C13H19Cl2N. The Morgan fingerprint density at radius 3 is 2.50 bits per heavy atom. The minimum Gasteiger partial charge on any atom is -0.324 e.